The molecular weight excluding hydrogens is 270 g/mol. The molecule has 0 saturated heterocycles. The molecule has 0 saturated carbocycles. The van der Waals surface area contributed by atoms with E-state index in [1.807, 2.05) is 6.92 Å². The zero-order valence-electron chi connectivity index (χ0n) is 11.4. The number of carbonyl (C=O) groups is 1. The smallest absolute Gasteiger partial charge is 0.269 e. The van der Waals surface area contributed by atoms with Crippen molar-refractivity contribution >= 4 is 17.3 Å². The molecule has 0 aliphatic carbocycles. The number of rotatable bonds is 2. The van der Waals surface area contributed by atoms with E-state index < -0.39 is 4.92 Å². The highest BCUT2D eigenvalue weighted by molar-refractivity contribution is 6.07. The zero-order valence-corrected chi connectivity index (χ0v) is 11.4. The SMILES string of the molecule is CC1Cc2cc([N+](=O)[O-])ccc2N1C(=O)c1ccncc1. The van der Waals surface area contributed by atoms with Crippen molar-refractivity contribution in [1.82, 2.24) is 4.98 Å². The number of amides is 1. The van der Waals surface area contributed by atoms with Crippen molar-refractivity contribution in [2.75, 3.05) is 4.90 Å². The second kappa shape index (κ2) is 4.97. The Morgan fingerprint density at radius 1 is 1.33 bits per heavy atom. The summed E-state index contributed by atoms with van der Waals surface area (Å²) in [5, 5.41) is 10.8. The van der Waals surface area contributed by atoms with E-state index in [1.54, 1.807) is 41.6 Å². The molecule has 21 heavy (non-hydrogen) atoms. The maximum absolute atomic E-state index is 12.6. The Hall–Kier alpha value is -2.76. The maximum Gasteiger partial charge on any atom is 0.269 e. The first-order chi connectivity index (χ1) is 10.1. The zero-order chi connectivity index (χ0) is 15.0. The summed E-state index contributed by atoms with van der Waals surface area (Å²) in [5.41, 5.74) is 2.19. The third kappa shape index (κ3) is 2.24. The van der Waals surface area contributed by atoms with Crippen molar-refractivity contribution in [3.63, 3.8) is 0 Å². The molecule has 2 aromatic rings. The van der Waals surface area contributed by atoms with Crippen LogP contribution in [0.1, 0.15) is 22.8 Å². The van der Waals surface area contributed by atoms with Gasteiger partial charge in [-0.3, -0.25) is 19.9 Å². The Bertz CT molecular complexity index is 715. The normalized spacial score (nSPS) is 16.6. The molecule has 1 unspecified atom stereocenters. The Balaban J connectivity index is 1.99. The standard InChI is InChI=1S/C15H13N3O3/c1-10-8-12-9-13(18(20)21)2-3-14(12)17(10)15(19)11-4-6-16-7-5-11/h2-7,9-10H,8H2,1H3. The molecule has 1 aliphatic heterocycles. The summed E-state index contributed by atoms with van der Waals surface area (Å²) in [6, 6.07) is 7.94. The van der Waals surface area contributed by atoms with Crippen LogP contribution >= 0.6 is 0 Å². The first-order valence-corrected chi connectivity index (χ1v) is 6.59. The molecule has 1 aliphatic rings. The number of aromatic nitrogens is 1. The van der Waals surface area contributed by atoms with Gasteiger partial charge in [0.1, 0.15) is 0 Å². The molecule has 6 heteroatoms. The molecule has 1 aromatic carbocycles. The van der Waals surface area contributed by atoms with Gasteiger partial charge in [-0.2, -0.15) is 0 Å². The summed E-state index contributed by atoms with van der Waals surface area (Å²) in [5.74, 6) is -0.113. The van der Waals surface area contributed by atoms with Gasteiger partial charge < -0.3 is 4.90 Å². The molecule has 106 valence electrons. The highest BCUT2D eigenvalue weighted by Gasteiger charge is 2.32. The molecule has 0 bridgehead atoms. The van der Waals surface area contributed by atoms with Gasteiger partial charge in [-0.1, -0.05) is 0 Å². The fraction of sp³-hybridized carbons (Fsp3) is 0.200. The van der Waals surface area contributed by atoms with Crippen molar-refractivity contribution < 1.29 is 9.72 Å². The molecule has 3 rings (SSSR count). The van der Waals surface area contributed by atoms with Gasteiger partial charge in [-0.15, -0.1) is 0 Å². The number of benzene rings is 1. The number of nitro benzene ring substituents is 1. The second-order valence-electron chi connectivity index (χ2n) is 5.03. The Morgan fingerprint density at radius 3 is 2.71 bits per heavy atom. The number of hydrogen-bond donors (Lipinski definition) is 0. The first kappa shape index (κ1) is 13.2. The van der Waals surface area contributed by atoms with Crippen LogP contribution in [0.15, 0.2) is 42.7 Å². The lowest BCUT2D eigenvalue weighted by Gasteiger charge is -2.22. The lowest BCUT2D eigenvalue weighted by Crippen LogP contribution is -2.35. The summed E-state index contributed by atoms with van der Waals surface area (Å²) in [7, 11) is 0. The summed E-state index contributed by atoms with van der Waals surface area (Å²) < 4.78 is 0. The first-order valence-electron chi connectivity index (χ1n) is 6.59. The number of fused-ring (bicyclic) bond motifs is 1. The van der Waals surface area contributed by atoms with Crippen molar-refractivity contribution in [2.45, 2.75) is 19.4 Å². The van der Waals surface area contributed by atoms with Crippen LogP contribution in [0.2, 0.25) is 0 Å². The minimum Gasteiger partial charge on any atom is -0.305 e. The van der Waals surface area contributed by atoms with Crippen LogP contribution in [0.5, 0.6) is 0 Å². The van der Waals surface area contributed by atoms with Crippen LogP contribution < -0.4 is 4.90 Å². The fourth-order valence-electron chi connectivity index (χ4n) is 2.67. The number of anilines is 1. The third-order valence-electron chi connectivity index (χ3n) is 3.64. The molecule has 1 atom stereocenters. The molecule has 1 amide bonds. The van der Waals surface area contributed by atoms with Gasteiger partial charge in [0.25, 0.3) is 11.6 Å². The van der Waals surface area contributed by atoms with Crippen LogP contribution in [0.3, 0.4) is 0 Å². The lowest BCUT2D eigenvalue weighted by molar-refractivity contribution is -0.384. The summed E-state index contributed by atoms with van der Waals surface area (Å²) in [6.45, 7) is 1.94. The van der Waals surface area contributed by atoms with E-state index in [9.17, 15) is 14.9 Å². The lowest BCUT2D eigenvalue weighted by atomic mass is 10.1. The number of carbonyl (C=O) groups excluding carboxylic acids is 1. The van der Waals surface area contributed by atoms with Crippen molar-refractivity contribution in [3.05, 3.63) is 64.0 Å². The van der Waals surface area contributed by atoms with Gasteiger partial charge in [0.15, 0.2) is 0 Å². The van der Waals surface area contributed by atoms with Crippen LogP contribution in [0.25, 0.3) is 0 Å². The van der Waals surface area contributed by atoms with Gasteiger partial charge in [-0.05, 0) is 37.1 Å². The van der Waals surface area contributed by atoms with Crippen LogP contribution in [-0.2, 0) is 6.42 Å². The highest BCUT2D eigenvalue weighted by atomic mass is 16.6. The van der Waals surface area contributed by atoms with E-state index in [0.29, 0.717) is 12.0 Å². The fourth-order valence-corrected chi connectivity index (χ4v) is 2.67. The molecule has 2 heterocycles. The third-order valence-corrected chi connectivity index (χ3v) is 3.64. The maximum atomic E-state index is 12.6. The average Bonchev–Trinajstić information content (AvgIpc) is 2.82. The number of non-ortho nitro benzene ring substituents is 1. The summed E-state index contributed by atoms with van der Waals surface area (Å²) in [4.78, 5) is 28.6. The van der Waals surface area contributed by atoms with Crippen molar-refractivity contribution in [1.29, 1.82) is 0 Å². The van der Waals surface area contributed by atoms with Gasteiger partial charge >= 0.3 is 0 Å². The molecule has 0 spiro atoms. The molecule has 0 radical (unpaired) electrons. The minimum atomic E-state index is -0.418. The van der Waals surface area contributed by atoms with Crippen LogP contribution in [0.4, 0.5) is 11.4 Å². The van der Waals surface area contributed by atoms with Crippen molar-refractivity contribution in [2.24, 2.45) is 0 Å². The van der Waals surface area contributed by atoms with Crippen molar-refractivity contribution in [3.8, 4) is 0 Å². The van der Waals surface area contributed by atoms with Gasteiger partial charge in [-0.25, -0.2) is 0 Å². The van der Waals surface area contributed by atoms with E-state index in [4.69, 9.17) is 0 Å². The van der Waals surface area contributed by atoms with Crippen LogP contribution in [0, 0.1) is 10.1 Å². The van der Waals surface area contributed by atoms with E-state index in [2.05, 4.69) is 4.98 Å². The topological polar surface area (TPSA) is 76.3 Å². The molecule has 0 N–H and O–H groups in total. The Morgan fingerprint density at radius 2 is 2.05 bits per heavy atom. The average molecular weight is 283 g/mol. The minimum absolute atomic E-state index is 0.0253. The molecule has 1 aromatic heterocycles. The second-order valence-corrected chi connectivity index (χ2v) is 5.03. The number of hydrogen-bond acceptors (Lipinski definition) is 4. The number of nitrogens with zero attached hydrogens (tertiary/aromatic N) is 3. The monoisotopic (exact) mass is 283 g/mol. The van der Waals surface area contributed by atoms with E-state index in [-0.39, 0.29) is 17.6 Å². The number of nitro groups is 1. The van der Waals surface area contributed by atoms with Gasteiger partial charge in [0, 0.05) is 41.8 Å². The Kier molecular flexibility index (Phi) is 3.13. The quantitative estimate of drug-likeness (QED) is 0.627. The van der Waals surface area contributed by atoms with Gasteiger partial charge in [0.2, 0.25) is 0 Å². The highest BCUT2D eigenvalue weighted by Crippen LogP contribution is 2.35. The predicted molar refractivity (Wildman–Crippen MR) is 77.3 cm³/mol. The molecular formula is C15H13N3O3. The van der Waals surface area contributed by atoms with E-state index in [0.717, 1.165) is 11.3 Å². The molecule has 0 fully saturated rings. The molecule has 6 nitrogen and oxygen atoms in total. The predicted octanol–water partition coefficient (Wildman–Crippen LogP) is 2.58. The summed E-state index contributed by atoms with van der Waals surface area (Å²) >= 11 is 0. The van der Waals surface area contributed by atoms with E-state index >= 15 is 0 Å². The van der Waals surface area contributed by atoms with Crippen LogP contribution in [-0.4, -0.2) is 21.9 Å². The number of pyridine rings is 1. The van der Waals surface area contributed by atoms with E-state index in [1.165, 1.54) is 6.07 Å². The van der Waals surface area contributed by atoms with Gasteiger partial charge in [0.05, 0.1) is 4.92 Å². The largest absolute Gasteiger partial charge is 0.305 e. The Labute approximate surface area is 121 Å². The summed E-state index contributed by atoms with van der Waals surface area (Å²) in [6.07, 6.45) is 3.77.